The average Bonchev–Trinajstić information content (AvgIpc) is 2.78. The van der Waals surface area contributed by atoms with E-state index in [4.69, 9.17) is 21.1 Å². The lowest BCUT2D eigenvalue weighted by Crippen LogP contribution is -2.18. The number of hydrogen-bond acceptors (Lipinski definition) is 8. The van der Waals surface area contributed by atoms with Gasteiger partial charge >= 0.3 is 0 Å². The molecule has 1 amide bonds. The first-order valence-electron chi connectivity index (χ1n) is 10.6. The van der Waals surface area contributed by atoms with Gasteiger partial charge in [-0.05, 0) is 41.3 Å². The number of ether oxygens (including phenoxy) is 2. The van der Waals surface area contributed by atoms with Crippen molar-refractivity contribution >= 4 is 45.2 Å². The molecule has 0 atom stereocenters. The van der Waals surface area contributed by atoms with Gasteiger partial charge in [0.25, 0.3) is 5.91 Å². The molecule has 190 valence electrons. The number of rotatable bonds is 8. The number of carbonyl (C=O) groups excluding carboxylic acids is 2. The Labute approximate surface area is 214 Å². The van der Waals surface area contributed by atoms with Gasteiger partial charge in [-0.15, -0.1) is 0 Å². The number of sulfonamides is 1. The summed E-state index contributed by atoms with van der Waals surface area (Å²) >= 11 is 6.23. The summed E-state index contributed by atoms with van der Waals surface area (Å²) in [4.78, 5) is 31.9. The molecule has 0 spiro atoms. The molecule has 12 heteroatoms. The first-order chi connectivity index (χ1) is 16.8. The molecule has 10 nitrogen and oxygen atoms in total. The van der Waals surface area contributed by atoms with Crippen LogP contribution in [0.15, 0.2) is 42.7 Å². The fraction of sp³-hybridized carbons (Fsp3) is 0.250. The average molecular weight is 533 g/mol. The number of aromatic nitrogens is 2. The van der Waals surface area contributed by atoms with Gasteiger partial charge < -0.3 is 14.8 Å². The maximum Gasteiger partial charge on any atom is 0.255 e. The summed E-state index contributed by atoms with van der Waals surface area (Å²) < 4.78 is 37.4. The van der Waals surface area contributed by atoms with Crippen molar-refractivity contribution in [3.63, 3.8) is 0 Å². The van der Waals surface area contributed by atoms with Crippen molar-refractivity contribution in [2.75, 3.05) is 23.4 Å². The molecule has 0 radical (unpaired) electrons. The molecule has 2 N–H and O–H groups in total. The molecule has 2 aromatic carbocycles. The largest absolute Gasteiger partial charge is 0.492 e. The second kappa shape index (κ2) is 10.5. The molecule has 0 bridgehead atoms. The Balaban J connectivity index is 1.98. The Morgan fingerprint density at radius 2 is 1.78 bits per heavy atom. The number of halogens is 1. The van der Waals surface area contributed by atoms with E-state index >= 15 is 0 Å². The van der Waals surface area contributed by atoms with Crippen molar-refractivity contribution in [2.24, 2.45) is 0 Å². The lowest BCUT2D eigenvalue weighted by Gasteiger charge is -2.24. The number of methoxy groups -OCH3 is 1. The third-order valence-electron chi connectivity index (χ3n) is 4.89. The summed E-state index contributed by atoms with van der Waals surface area (Å²) in [7, 11) is -2.25. The van der Waals surface area contributed by atoms with Crippen molar-refractivity contribution in [3.05, 3.63) is 64.6 Å². The summed E-state index contributed by atoms with van der Waals surface area (Å²) in [5.41, 5.74) is 1.18. The van der Waals surface area contributed by atoms with E-state index in [0.29, 0.717) is 6.29 Å². The zero-order valence-corrected chi connectivity index (χ0v) is 21.8. The quantitative estimate of drug-likeness (QED) is 0.399. The van der Waals surface area contributed by atoms with E-state index in [-0.39, 0.29) is 50.4 Å². The van der Waals surface area contributed by atoms with Crippen LogP contribution in [0.5, 0.6) is 17.4 Å². The first kappa shape index (κ1) is 26.9. The van der Waals surface area contributed by atoms with E-state index in [1.807, 2.05) is 20.8 Å². The van der Waals surface area contributed by atoms with Crippen molar-refractivity contribution in [3.8, 4) is 17.4 Å². The Morgan fingerprint density at radius 3 is 2.39 bits per heavy atom. The highest BCUT2D eigenvalue weighted by Gasteiger charge is 2.23. The van der Waals surface area contributed by atoms with E-state index in [1.165, 1.54) is 37.7 Å². The molecule has 0 aliphatic heterocycles. The van der Waals surface area contributed by atoms with E-state index in [2.05, 4.69) is 20.0 Å². The second-order valence-electron chi connectivity index (χ2n) is 8.83. The van der Waals surface area contributed by atoms with Gasteiger partial charge in [0.15, 0.2) is 12.0 Å². The monoisotopic (exact) mass is 532 g/mol. The molecule has 3 rings (SSSR count). The van der Waals surface area contributed by atoms with Crippen molar-refractivity contribution < 1.29 is 27.5 Å². The number of benzene rings is 2. The Morgan fingerprint density at radius 1 is 1.08 bits per heavy atom. The van der Waals surface area contributed by atoms with Crippen molar-refractivity contribution in [1.29, 1.82) is 0 Å². The van der Waals surface area contributed by atoms with Crippen LogP contribution >= 0.6 is 11.6 Å². The highest BCUT2D eigenvalue weighted by atomic mass is 35.5. The van der Waals surface area contributed by atoms with Gasteiger partial charge in [0.05, 0.1) is 29.8 Å². The molecule has 0 aliphatic rings. The predicted molar refractivity (Wildman–Crippen MR) is 137 cm³/mol. The first-order valence-corrected chi connectivity index (χ1v) is 12.8. The molecule has 1 aromatic heterocycles. The Bertz CT molecular complexity index is 1420. The maximum absolute atomic E-state index is 13.2. The minimum absolute atomic E-state index is 0.0718. The van der Waals surface area contributed by atoms with Crippen LogP contribution in [0, 0.1) is 0 Å². The molecule has 1 heterocycles. The van der Waals surface area contributed by atoms with Crippen LogP contribution in [-0.4, -0.2) is 43.9 Å². The van der Waals surface area contributed by atoms with Crippen LogP contribution in [-0.2, 0) is 15.4 Å². The zero-order chi connectivity index (χ0) is 26.7. The van der Waals surface area contributed by atoms with Crippen molar-refractivity contribution in [1.82, 2.24) is 9.97 Å². The third-order valence-corrected chi connectivity index (χ3v) is 5.80. The smallest absolute Gasteiger partial charge is 0.255 e. The predicted octanol–water partition coefficient (Wildman–Crippen LogP) is 4.66. The number of aldehydes is 1. The lowest BCUT2D eigenvalue weighted by molar-refractivity contribution is 0.102. The normalized spacial score (nSPS) is 11.5. The van der Waals surface area contributed by atoms with Crippen LogP contribution in [0.1, 0.15) is 47.2 Å². The SMILES string of the molecule is COc1c(NC(=O)c2ccc(Cl)c(Oc3cc(C=O)ncn3)c2)cc(C(C)(C)C)cc1NS(C)(=O)=O. The topological polar surface area (TPSA) is 137 Å². The Kier molecular flexibility index (Phi) is 7.85. The van der Waals surface area contributed by atoms with Gasteiger partial charge in [-0.2, -0.15) is 0 Å². The fourth-order valence-corrected chi connectivity index (χ4v) is 3.86. The number of anilines is 2. The summed E-state index contributed by atoms with van der Waals surface area (Å²) in [6, 6.07) is 9.11. The van der Waals surface area contributed by atoms with Gasteiger partial charge in [0, 0.05) is 11.6 Å². The number of nitrogens with zero attached hydrogens (tertiary/aromatic N) is 2. The number of amides is 1. The number of carbonyl (C=O) groups is 2. The maximum atomic E-state index is 13.2. The van der Waals surface area contributed by atoms with Crippen LogP contribution in [0.4, 0.5) is 11.4 Å². The number of nitrogens with one attached hydrogen (secondary N) is 2. The highest BCUT2D eigenvalue weighted by molar-refractivity contribution is 7.92. The van der Waals surface area contributed by atoms with E-state index in [1.54, 1.807) is 12.1 Å². The summed E-state index contributed by atoms with van der Waals surface area (Å²) in [5, 5.41) is 2.99. The molecule has 0 fully saturated rings. The van der Waals surface area contributed by atoms with Gasteiger partial charge in [-0.3, -0.25) is 14.3 Å². The van der Waals surface area contributed by atoms with E-state index in [0.717, 1.165) is 11.8 Å². The molecule has 0 aliphatic carbocycles. The zero-order valence-electron chi connectivity index (χ0n) is 20.2. The second-order valence-corrected chi connectivity index (χ2v) is 11.0. The van der Waals surface area contributed by atoms with Gasteiger partial charge in [-0.25, -0.2) is 18.4 Å². The lowest BCUT2D eigenvalue weighted by atomic mass is 9.86. The van der Waals surface area contributed by atoms with Crippen LogP contribution in [0.2, 0.25) is 5.02 Å². The summed E-state index contributed by atoms with van der Waals surface area (Å²) in [5.74, 6) is -0.172. The molecule has 36 heavy (non-hydrogen) atoms. The van der Waals surface area contributed by atoms with Crippen molar-refractivity contribution in [2.45, 2.75) is 26.2 Å². The Hall–Kier alpha value is -3.70. The fourth-order valence-electron chi connectivity index (χ4n) is 3.15. The molecule has 0 saturated heterocycles. The van der Waals surface area contributed by atoms with Gasteiger partial charge in [-0.1, -0.05) is 32.4 Å². The summed E-state index contributed by atoms with van der Waals surface area (Å²) in [6.07, 6.45) is 2.74. The van der Waals surface area contributed by atoms with E-state index < -0.39 is 15.9 Å². The van der Waals surface area contributed by atoms with Crippen LogP contribution < -0.4 is 19.5 Å². The number of hydrogen-bond donors (Lipinski definition) is 2. The van der Waals surface area contributed by atoms with Gasteiger partial charge in [0.2, 0.25) is 15.9 Å². The minimum atomic E-state index is -3.62. The standard InChI is InChI=1S/C24H25ClN4O6S/c1-24(2,3)15-9-18(22(34-4)19(10-15)29-36(5,32)33)28-23(31)14-6-7-17(25)20(8-14)35-21-11-16(12-30)26-13-27-21/h6-13,29H,1-5H3,(H,28,31). The summed E-state index contributed by atoms with van der Waals surface area (Å²) in [6.45, 7) is 5.86. The molecule has 3 aromatic rings. The highest BCUT2D eigenvalue weighted by Crippen LogP contribution is 2.39. The molecular formula is C24H25ClN4O6S. The van der Waals surface area contributed by atoms with Gasteiger partial charge in [0.1, 0.15) is 17.8 Å². The molecular weight excluding hydrogens is 508 g/mol. The molecule has 0 saturated carbocycles. The molecule has 0 unspecified atom stereocenters. The minimum Gasteiger partial charge on any atom is -0.492 e. The van der Waals surface area contributed by atoms with E-state index in [9.17, 15) is 18.0 Å². The van der Waals surface area contributed by atoms with Crippen LogP contribution in [0.3, 0.4) is 0 Å². The third kappa shape index (κ3) is 6.70. The van der Waals surface area contributed by atoms with Crippen LogP contribution in [0.25, 0.3) is 0 Å².